The maximum atomic E-state index is 10.8. The van der Waals surface area contributed by atoms with Crippen LogP contribution in [0.1, 0.15) is 9.67 Å². The Labute approximate surface area is 75.4 Å². The number of hydrogen-bond acceptors (Lipinski definition) is 4. The molecule has 1 aromatic heterocycles. The molecule has 0 saturated carbocycles. The molecule has 0 fully saturated rings. The van der Waals surface area contributed by atoms with Gasteiger partial charge in [0.1, 0.15) is 0 Å². The van der Waals surface area contributed by atoms with Crippen molar-refractivity contribution < 1.29 is 15.0 Å². The fourth-order valence-electron chi connectivity index (χ4n) is 0.574. The third-order valence-electron chi connectivity index (χ3n) is 1.05. The van der Waals surface area contributed by atoms with Crippen LogP contribution >= 0.6 is 27.3 Å². The molecule has 0 saturated heterocycles. The molecule has 0 unspecified atom stereocenters. The topological polar surface area (TPSA) is 57.5 Å². The lowest BCUT2D eigenvalue weighted by molar-refractivity contribution is -0.0192. The van der Waals surface area contributed by atoms with Gasteiger partial charge in [0.2, 0.25) is 12.1 Å². The van der Waals surface area contributed by atoms with Gasteiger partial charge in [0.05, 0.1) is 8.66 Å². The van der Waals surface area contributed by atoms with Gasteiger partial charge in [-0.05, 0) is 28.1 Å². The van der Waals surface area contributed by atoms with Crippen LogP contribution in [0.4, 0.5) is 0 Å². The summed E-state index contributed by atoms with van der Waals surface area (Å²) in [4.78, 5) is 11.2. The van der Waals surface area contributed by atoms with Crippen molar-refractivity contribution in [1.29, 1.82) is 0 Å². The number of ketones is 1. The Hall–Kier alpha value is -0.230. The van der Waals surface area contributed by atoms with E-state index in [1.165, 1.54) is 17.4 Å². The molecule has 11 heavy (non-hydrogen) atoms. The predicted molar refractivity (Wildman–Crippen MR) is 44.6 cm³/mol. The molecule has 1 rings (SSSR count). The Morgan fingerprint density at radius 3 is 2.55 bits per heavy atom. The van der Waals surface area contributed by atoms with Crippen LogP contribution in [0, 0.1) is 0 Å². The standard InChI is InChI=1S/C6H5BrO3S/c7-4-2-1-3(11-4)5(8)6(9)10/h1-2,6,9-10H. The molecule has 0 aliphatic carbocycles. The maximum absolute atomic E-state index is 10.8. The molecule has 0 atom stereocenters. The average Bonchev–Trinajstić information content (AvgIpc) is 2.34. The summed E-state index contributed by atoms with van der Waals surface area (Å²) in [6, 6.07) is 3.22. The number of aliphatic hydroxyl groups excluding tert-OH is 1. The van der Waals surface area contributed by atoms with Gasteiger partial charge >= 0.3 is 0 Å². The van der Waals surface area contributed by atoms with E-state index >= 15 is 0 Å². The fraction of sp³-hybridized carbons (Fsp3) is 0.167. The first-order valence-electron chi connectivity index (χ1n) is 2.77. The normalized spacial score (nSPS) is 10.5. The summed E-state index contributed by atoms with van der Waals surface area (Å²) < 4.78 is 0.793. The highest BCUT2D eigenvalue weighted by molar-refractivity contribution is 9.11. The Morgan fingerprint density at radius 2 is 2.18 bits per heavy atom. The van der Waals surface area contributed by atoms with E-state index < -0.39 is 12.1 Å². The zero-order chi connectivity index (χ0) is 8.43. The van der Waals surface area contributed by atoms with E-state index in [2.05, 4.69) is 15.9 Å². The highest BCUT2D eigenvalue weighted by atomic mass is 79.9. The van der Waals surface area contributed by atoms with Crippen molar-refractivity contribution in [3.8, 4) is 0 Å². The number of rotatable bonds is 2. The van der Waals surface area contributed by atoms with Crippen molar-refractivity contribution in [2.75, 3.05) is 0 Å². The third-order valence-corrected chi connectivity index (χ3v) is 2.69. The van der Waals surface area contributed by atoms with Crippen LogP contribution in [0.25, 0.3) is 0 Å². The molecule has 5 heteroatoms. The second-order valence-electron chi connectivity index (χ2n) is 1.84. The molecule has 3 nitrogen and oxygen atoms in total. The molecule has 0 spiro atoms. The highest BCUT2D eigenvalue weighted by Gasteiger charge is 2.15. The lowest BCUT2D eigenvalue weighted by Gasteiger charge is -1.96. The molecule has 1 aromatic rings. The number of halogens is 1. The minimum atomic E-state index is -1.90. The molecule has 0 radical (unpaired) electrons. The summed E-state index contributed by atoms with van der Waals surface area (Å²) in [6.07, 6.45) is -1.90. The summed E-state index contributed by atoms with van der Waals surface area (Å²) in [5, 5.41) is 17.0. The number of aliphatic hydroxyl groups is 2. The monoisotopic (exact) mass is 236 g/mol. The molecule has 0 aliphatic heterocycles. The first-order chi connectivity index (χ1) is 5.11. The van der Waals surface area contributed by atoms with E-state index in [-0.39, 0.29) is 0 Å². The van der Waals surface area contributed by atoms with E-state index in [1.807, 2.05) is 0 Å². The Bertz CT molecular complexity index is 269. The number of hydrogen-bond donors (Lipinski definition) is 2. The summed E-state index contributed by atoms with van der Waals surface area (Å²) >= 11 is 4.32. The maximum Gasteiger partial charge on any atom is 0.228 e. The Morgan fingerprint density at radius 1 is 1.55 bits per heavy atom. The van der Waals surface area contributed by atoms with Gasteiger partial charge in [0.15, 0.2) is 0 Å². The Kier molecular flexibility index (Phi) is 2.78. The molecule has 0 aliphatic rings. The van der Waals surface area contributed by atoms with Crippen molar-refractivity contribution >= 4 is 33.0 Å². The van der Waals surface area contributed by atoms with Crippen molar-refractivity contribution in [1.82, 2.24) is 0 Å². The number of carbonyl (C=O) groups is 1. The summed E-state index contributed by atoms with van der Waals surface area (Å²) in [5.41, 5.74) is 0. The van der Waals surface area contributed by atoms with E-state index in [4.69, 9.17) is 10.2 Å². The molecule has 0 aromatic carbocycles. The third kappa shape index (κ3) is 2.10. The van der Waals surface area contributed by atoms with Crippen LogP contribution in [0.5, 0.6) is 0 Å². The van der Waals surface area contributed by atoms with Gasteiger partial charge in [0, 0.05) is 0 Å². The van der Waals surface area contributed by atoms with Gasteiger partial charge in [-0.1, -0.05) is 0 Å². The summed E-state index contributed by atoms with van der Waals surface area (Å²) in [6.45, 7) is 0. The van der Waals surface area contributed by atoms with E-state index in [1.54, 1.807) is 6.07 Å². The van der Waals surface area contributed by atoms with Gasteiger partial charge in [0.25, 0.3) is 0 Å². The van der Waals surface area contributed by atoms with E-state index in [0.717, 1.165) is 3.79 Å². The zero-order valence-corrected chi connectivity index (χ0v) is 7.72. The van der Waals surface area contributed by atoms with Crippen LogP contribution in [0.2, 0.25) is 0 Å². The zero-order valence-electron chi connectivity index (χ0n) is 5.32. The largest absolute Gasteiger partial charge is 0.362 e. The lowest BCUT2D eigenvalue weighted by atomic mass is 10.3. The SMILES string of the molecule is O=C(c1ccc(Br)s1)C(O)O. The molecule has 2 N–H and O–H groups in total. The summed E-state index contributed by atoms with van der Waals surface area (Å²) in [7, 11) is 0. The molecule has 1 heterocycles. The average molecular weight is 237 g/mol. The first kappa shape index (κ1) is 8.86. The second-order valence-corrected chi connectivity index (χ2v) is 4.30. The predicted octanol–water partition coefficient (Wildman–Crippen LogP) is 1.00. The van der Waals surface area contributed by atoms with Crippen molar-refractivity contribution in [3.05, 3.63) is 20.8 Å². The minimum Gasteiger partial charge on any atom is -0.362 e. The van der Waals surface area contributed by atoms with Gasteiger partial charge in [-0.15, -0.1) is 11.3 Å². The fourth-order valence-corrected chi connectivity index (χ4v) is 1.92. The summed E-state index contributed by atoms with van der Waals surface area (Å²) in [5.74, 6) is -0.666. The van der Waals surface area contributed by atoms with Gasteiger partial charge in [-0.3, -0.25) is 4.79 Å². The van der Waals surface area contributed by atoms with Crippen LogP contribution in [0.3, 0.4) is 0 Å². The van der Waals surface area contributed by atoms with Gasteiger partial charge in [-0.25, -0.2) is 0 Å². The quantitative estimate of drug-likeness (QED) is 0.596. The van der Waals surface area contributed by atoms with E-state index in [0.29, 0.717) is 4.88 Å². The smallest absolute Gasteiger partial charge is 0.228 e. The molecular weight excluding hydrogens is 232 g/mol. The molecular formula is C6H5BrO3S. The number of Topliss-reactive ketones (excluding diaryl/α,β-unsaturated/α-hetero) is 1. The number of carbonyl (C=O) groups excluding carboxylic acids is 1. The highest BCUT2D eigenvalue weighted by Crippen LogP contribution is 2.22. The van der Waals surface area contributed by atoms with Gasteiger partial charge < -0.3 is 10.2 Å². The lowest BCUT2D eigenvalue weighted by Crippen LogP contribution is -2.17. The van der Waals surface area contributed by atoms with Crippen molar-refractivity contribution in [2.45, 2.75) is 6.29 Å². The van der Waals surface area contributed by atoms with Crippen LogP contribution in [0.15, 0.2) is 15.9 Å². The Balaban J connectivity index is 2.85. The number of thiophene rings is 1. The van der Waals surface area contributed by atoms with Gasteiger partial charge in [-0.2, -0.15) is 0 Å². The van der Waals surface area contributed by atoms with E-state index in [9.17, 15) is 4.79 Å². The molecule has 0 amide bonds. The molecule has 60 valence electrons. The van der Waals surface area contributed by atoms with Crippen LogP contribution < -0.4 is 0 Å². The van der Waals surface area contributed by atoms with Crippen molar-refractivity contribution in [3.63, 3.8) is 0 Å². The molecule has 0 bridgehead atoms. The van der Waals surface area contributed by atoms with Crippen LogP contribution in [-0.4, -0.2) is 22.3 Å². The first-order valence-corrected chi connectivity index (χ1v) is 4.38. The minimum absolute atomic E-state index is 0.340. The second kappa shape index (κ2) is 3.44. The van der Waals surface area contributed by atoms with Crippen LogP contribution in [-0.2, 0) is 0 Å². The van der Waals surface area contributed by atoms with Crippen molar-refractivity contribution in [2.24, 2.45) is 0 Å².